The molecule has 0 bridgehead atoms. The van der Waals surface area contributed by atoms with Crippen LogP contribution in [0, 0.1) is 11.3 Å². The summed E-state index contributed by atoms with van der Waals surface area (Å²) in [5.74, 6) is 0. The van der Waals surface area contributed by atoms with E-state index in [0.717, 1.165) is 12.1 Å². The molecule has 0 atom stereocenters. The highest BCUT2D eigenvalue weighted by Crippen LogP contribution is 2.31. The van der Waals surface area contributed by atoms with Crippen LogP contribution in [0.1, 0.15) is 11.1 Å². The van der Waals surface area contributed by atoms with Crippen molar-refractivity contribution in [3.63, 3.8) is 0 Å². The maximum Gasteiger partial charge on any atom is 0.417 e. The molecule has 1 aromatic rings. The summed E-state index contributed by atoms with van der Waals surface area (Å²) in [7, 11) is 0. The third-order valence-corrected chi connectivity index (χ3v) is 1.35. The summed E-state index contributed by atoms with van der Waals surface area (Å²) >= 11 is 0. The van der Waals surface area contributed by atoms with Gasteiger partial charge in [-0.05, 0) is 12.1 Å². The van der Waals surface area contributed by atoms with Crippen molar-refractivity contribution in [3.05, 3.63) is 35.4 Å². The van der Waals surface area contributed by atoms with E-state index >= 15 is 0 Å². The lowest BCUT2D eigenvalue weighted by atomic mass is 10.1. The molecule has 0 radical (unpaired) electrons. The Kier molecular flexibility index (Phi) is 3.45. The van der Waals surface area contributed by atoms with E-state index in [2.05, 4.69) is 0 Å². The van der Waals surface area contributed by atoms with Gasteiger partial charge >= 0.3 is 6.18 Å². The molecule has 0 amide bonds. The number of alkyl halides is 3. The van der Waals surface area contributed by atoms with Gasteiger partial charge in [0, 0.05) is 0 Å². The zero-order valence-electron chi connectivity index (χ0n) is 6.60. The van der Waals surface area contributed by atoms with Crippen LogP contribution in [0.15, 0.2) is 24.3 Å². The van der Waals surface area contributed by atoms with E-state index in [4.69, 9.17) is 5.26 Å². The first-order valence-electron chi connectivity index (χ1n) is 3.12. The van der Waals surface area contributed by atoms with Gasteiger partial charge in [0.2, 0.25) is 0 Å². The number of rotatable bonds is 0. The Hall–Kier alpha value is -1.54. The van der Waals surface area contributed by atoms with Gasteiger partial charge in [0.05, 0.1) is 17.2 Å². The second-order valence-electron chi connectivity index (χ2n) is 2.16. The highest BCUT2D eigenvalue weighted by Gasteiger charge is 2.32. The van der Waals surface area contributed by atoms with Gasteiger partial charge in [-0.1, -0.05) is 12.1 Å². The number of hydrogen-bond acceptors (Lipinski definition) is 2. The molecule has 0 aliphatic carbocycles. The van der Waals surface area contributed by atoms with Crippen LogP contribution >= 0.6 is 0 Å². The molecule has 0 unspecified atom stereocenters. The average molecular weight is 188 g/mol. The SMILES string of the molecule is N.N#Cc1ccccc1C(F)(F)F. The molecule has 3 N–H and O–H groups in total. The summed E-state index contributed by atoms with van der Waals surface area (Å²) < 4.78 is 36.3. The van der Waals surface area contributed by atoms with Crippen molar-refractivity contribution in [2.75, 3.05) is 0 Å². The molecule has 2 nitrogen and oxygen atoms in total. The molecule has 0 heterocycles. The topological polar surface area (TPSA) is 58.8 Å². The van der Waals surface area contributed by atoms with Crippen molar-refractivity contribution in [2.24, 2.45) is 0 Å². The first kappa shape index (κ1) is 11.5. The Labute approximate surface area is 73.2 Å². The molecule has 0 saturated carbocycles. The largest absolute Gasteiger partial charge is 0.417 e. The first-order valence-corrected chi connectivity index (χ1v) is 3.12. The molecule has 1 aromatic carbocycles. The molecule has 5 heteroatoms. The maximum atomic E-state index is 12.1. The van der Waals surface area contributed by atoms with Gasteiger partial charge in [0.1, 0.15) is 0 Å². The van der Waals surface area contributed by atoms with Crippen LogP contribution in [0.4, 0.5) is 13.2 Å². The van der Waals surface area contributed by atoms with Gasteiger partial charge in [0.15, 0.2) is 0 Å². The van der Waals surface area contributed by atoms with Gasteiger partial charge < -0.3 is 6.15 Å². The van der Waals surface area contributed by atoms with Crippen molar-refractivity contribution in [1.82, 2.24) is 6.15 Å². The van der Waals surface area contributed by atoms with E-state index < -0.39 is 11.7 Å². The van der Waals surface area contributed by atoms with E-state index in [1.807, 2.05) is 0 Å². The van der Waals surface area contributed by atoms with Crippen molar-refractivity contribution in [1.29, 1.82) is 5.26 Å². The van der Waals surface area contributed by atoms with E-state index in [0.29, 0.717) is 0 Å². The van der Waals surface area contributed by atoms with Crippen molar-refractivity contribution in [3.8, 4) is 6.07 Å². The van der Waals surface area contributed by atoms with Crippen LogP contribution in [0.2, 0.25) is 0 Å². The molecule has 70 valence electrons. The van der Waals surface area contributed by atoms with Crippen molar-refractivity contribution >= 4 is 0 Å². The fraction of sp³-hybridized carbons (Fsp3) is 0.125. The number of nitrogens with zero attached hydrogens (tertiary/aromatic N) is 1. The van der Waals surface area contributed by atoms with Gasteiger partial charge in [-0.3, -0.25) is 0 Å². The van der Waals surface area contributed by atoms with Crippen molar-refractivity contribution < 1.29 is 13.2 Å². The zero-order valence-corrected chi connectivity index (χ0v) is 6.60. The molecule has 0 spiro atoms. The minimum absolute atomic E-state index is 0. The van der Waals surface area contributed by atoms with Gasteiger partial charge in [-0.25, -0.2) is 0 Å². The molecule has 13 heavy (non-hydrogen) atoms. The summed E-state index contributed by atoms with van der Waals surface area (Å²) in [5, 5.41) is 8.33. The summed E-state index contributed by atoms with van der Waals surface area (Å²) in [6, 6.07) is 6.16. The quantitative estimate of drug-likeness (QED) is 0.680. The van der Waals surface area contributed by atoms with E-state index in [1.54, 1.807) is 0 Å². The Bertz CT molecular complexity index is 325. The van der Waals surface area contributed by atoms with E-state index in [-0.39, 0.29) is 11.7 Å². The monoisotopic (exact) mass is 188 g/mol. The summed E-state index contributed by atoms with van der Waals surface area (Å²) in [6.45, 7) is 0. The number of nitriles is 1. The van der Waals surface area contributed by atoms with Crippen LogP contribution in [0.3, 0.4) is 0 Å². The summed E-state index contributed by atoms with van der Waals surface area (Å²) in [5.41, 5.74) is -1.22. The van der Waals surface area contributed by atoms with Crippen LogP contribution in [-0.4, -0.2) is 0 Å². The molecular weight excluding hydrogens is 181 g/mol. The van der Waals surface area contributed by atoms with Gasteiger partial charge in [-0.2, -0.15) is 18.4 Å². The Morgan fingerprint density at radius 2 is 1.69 bits per heavy atom. The Balaban J connectivity index is 0.00000144. The number of halogens is 3. The Morgan fingerprint density at radius 3 is 2.08 bits per heavy atom. The highest BCUT2D eigenvalue weighted by molar-refractivity contribution is 5.38. The molecule has 0 fully saturated rings. The smallest absolute Gasteiger partial charge is 0.344 e. The fourth-order valence-electron chi connectivity index (χ4n) is 0.828. The summed E-state index contributed by atoms with van der Waals surface area (Å²) in [6.07, 6.45) is -4.44. The normalized spacial score (nSPS) is 10.0. The third-order valence-electron chi connectivity index (χ3n) is 1.35. The maximum absolute atomic E-state index is 12.1. The lowest BCUT2D eigenvalue weighted by molar-refractivity contribution is -0.137. The highest BCUT2D eigenvalue weighted by atomic mass is 19.4. The van der Waals surface area contributed by atoms with E-state index in [9.17, 15) is 13.2 Å². The Morgan fingerprint density at radius 1 is 1.15 bits per heavy atom. The molecular formula is C8H7F3N2. The van der Waals surface area contributed by atoms with Gasteiger partial charge in [-0.15, -0.1) is 0 Å². The lowest BCUT2D eigenvalue weighted by Crippen LogP contribution is -2.06. The number of benzene rings is 1. The van der Waals surface area contributed by atoms with Crippen LogP contribution < -0.4 is 6.15 Å². The predicted octanol–water partition coefficient (Wildman–Crippen LogP) is 2.74. The minimum Gasteiger partial charge on any atom is -0.344 e. The predicted molar refractivity (Wildman–Crippen MR) is 41.2 cm³/mol. The third kappa shape index (κ3) is 2.46. The average Bonchev–Trinajstić information content (AvgIpc) is 2.03. The zero-order chi connectivity index (χ0) is 9.19. The molecule has 1 rings (SSSR count). The van der Waals surface area contributed by atoms with Crippen LogP contribution in [-0.2, 0) is 6.18 Å². The van der Waals surface area contributed by atoms with Crippen LogP contribution in [0.5, 0.6) is 0 Å². The molecule has 0 saturated heterocycles. The second kappa shape index (κ2) is 3.92. The second-order valence-corrected chi connectivity index (χ2v) is 2.16. The van der Waals surface area contributed by atoms with Crippen LogP contribution in [0.25, 0.3) is 0 Å². The number of hydrogen-bond donors (Lipinski definition) is 1. The fourth-order valence-corrected chi connectivity index (χ4v) is 0.828. The standard InChI is InChI=1S/C8H4F3N.H3N/c9-8(10,11)7-4-2-1-3-6(7)5-12;/h1-4H;1H3. The van der Waals surface area contributed by atoms with E-state index in [1.165, 1.54) is 18.2 Å². The van der Waals surface area contributed by atoms with Gasteiger partial charge in [0.25, 0.3) is 0 Å². The molecule has 0 aliphatic heterocycles. The minimum atomic E-state index is -4.44. The first-order chi connectivity index (χ1) is 5.55. The lowest BCUT2D eigenvalue weighted by Gasteiger charge is -2.06. The molecule has 0 aromatic heterocycles. The van der Waals surface area contributed by atoms with Crippen molar-refractivity contribution in [2.45, 2.75) is 6.18 Å². The summed E-state index contributed by atoms with van der Waals surface area (Å²) in [4.78, 5) is 0. The molecule has 0 aliphatic rings.